The van der Waals surface area contributed by atoms with Gasteiger partial charge in [0.15, 0.2) is 0 Å². The number of carbonyl (C=O) groups is 1. The average Bonchev–Trinajstić information content (AvgIpc) is 3.17. The fraction of sp³-hybridized carbons (Fsp3) is 0.562. The number of hydrogen-bond acceptors (Lipinski definition) is 3. The van der Waals surface area contributed by atoms with E-state index >= 15 is 0 Å². The summed E-state index contributed by atoms with van der Waals surface area (Å²) in [4.78, 5) is 14.3. The van der Waals surface area contributed by atoms with Crippen LogP contribution in [0.25, 0.3) is 0 Å². The second-order valence-electron chi connectivity index (χ2n) is 5.68. The van der Waals surface area contributed by atoms with Gasteiger partial charge in [0.25, 0.3) is 0 Å². The van der Waals surface area contributed by atoms with Crippen molar-refractivity contribution in [1.82, 2.24) is 5.32 Å². The molecule has 2 aliphatic rings. The molecule has 3 rings (SSSR count). The van der Waals surface area contributed by atoms with E-state index in [1.54, 1.807) is 0 Å². The van der Waals surface area contributed by atoms with Gasteiger partial charge in [-0.05, 0) is 37.3 Å². The zero-order valence-electron chi connectivity index (χ0n) is 11.8. The molecule has 2 saturated heterocycles. The van der Waals surface area contributed by atoms with Crippen LogP contribution in [0.3, 0.4) is 0 Å². The number of nitrogens with one attached hydrogen (secondary N) is 1. The first kappa shape index (κ1) is 13.4. The van der Waals surface area contributed by atoms with E-state index in [0.717, 1.165) is 45.5 Å². The number of rotatable bonds is 4. The Balaban J connectivity index is 1.45. The normalized spacial score (nSPS) is 25.9. The molecule has 0 radical (unpaired) electrons. The SMILES string of the molecule is O=C(NCC1CCN(c2ccccc2)C1)C1CCCO1. The summed E-state index contributed by atoms with van der Waals surface area (Å²) in [6.07, 6.45) is 2.80. The molecule has 0 aliphatic carbocycles. The van der Waals surface area contributed by atoms with Crippen molar-refractivity contribution >= 4 is 11.6 Å². The maximum Gasteiger partial charge on any atom is 0.249 e. The summed E-state index contributed by atoms with van der Waals surface area (Å²) in [5.41, 5.74) is 1.28. The Morgan fingerprint density at radius 3 is 2.90 bits per heavy atom. The molecule has 2 unspecified atom stereocenters. The summed E-state index contributed by atoms with van der Waals surface area (Å²) < 4.78 is 5.40. The molecule has 4 heteroatoms. The second kappa shape index (κ2) is 6.27. The molecule has 1 amide bonds. The lowest BCUT2D eigenvalue weighted by Crippen LogP contribution is -2.37. The summed E-state index contributed by atoms with van der Waals surface area (Å²) in [6.45, 7) is 3.59. The maximum absolute atomic E-state index is 11.9. The molecule has 1 aromatic rings. The molecule has 1 N–H and O–H groups in total. The highest BCUT2D eigenvalue weighted by molar-refractivity contribution is 5.80. The predicted octanol–water partition coefficient (Wildman–Crippen LogP) is 1.81. The van der Waals surface area contributed by atoms with Gasteiger partial charge in [0, 0.05) is 31.9 Å². The molecule has 4 nitrogen and oxygen atoms in total. The standard InChI is InChI=1S/C16H22N2O2/c19-16(15-7-4-10-20-15)17-11-13-8-9-18(12-13)14-5-2-1-3-6-14/h1-3,5-6,13,15H,4,7-12H2,(H,17,19). The van der Waals surface area contributed by atoms with E-state index in [1.165, 1.54) is 5.69 Å². The van der Waals surface area contributed by atoms with Crippen molar-refractivity contribution in [3.63, 3.8) is 0 Å². The van der Waals surface area contributed by atoms with Crippen LogP contribution in [0.1, 0.15) is 19.3 Å². The molecule has 0 saturated carbocycles. The van der Waals surface area contributed by atoms with E-state index in [9.17, 15) is 4.79 Å². The van der Waals surface area contributed by atoms with E-state index in [2.05, 4.69) is 34.5 Å². The van der Waals surface area contributed by atoms with Crippen molar-refractivity contribution in [3.8, 4) is 0 Å². The van der Waals surface area contributed by atoms with Gasteiger partial charge >= 0.3 is 0 Å². The predicted molar refractivity (Wildman–Crippen MR) is 78.7 cm³/mol. The van der Waals surface area contributed by atoms with Crippen molar-refractivity contribution in [2.45, 2.75) is 25.4 Å². The molecule has 0 spiro atoms. The first-order chi connectivity index (χ1) is 9.83. The van der Waals surface area contributed by atoms with Crippen molar-refractivity contribution in [2.24, 2.45) is 5.92 Å². The molecule has 2 heterocycles. The third-order valence-corrected chi connectivity index (χ3v) is 4.19. The number of nitrogens with zero attached hydrogens (tertiary/aromatic N) is 1. The van der Waals surface area contributed by atoms with Crippen LogP contribution >= 0.6 is 0 Å². The number of carbonyl (C=O) groups excluding carboxylic acids is 1. The summed E-state index contributed by atoms with van der Waals surface area (Å²) >= 11 is 0. The van der Waals surface area contributed by atoms with Crippen LogP contribution in [-0.2, 0) is 9.53 Å². The zero-order chi connectivity index (χ0) is 13.8. The third kappa shape index (κ3) is 3.12. The lowest BCUT2D eigenvalue weighted by Gasteiger charge is -2.19. The molecule has 2 atom stereocenters. The Kier molecular flexibility index (Phi) is 4.21. The minimum absolute atomic E-state index is 0.0701. The van der Waals surface area contributed by atoms with Gasteiger partial charge in [-0.15, -0.1) is 0 Å². The van der Waals surface area contributed by atoms with Crippen LogP contribution in [0.5, 0.6) is 0 Å². The van der Waals surface area contributed by atoms with Crippen molar-refractivity contribution in [2.75, 3.05) is 31.1 Å². The van der Waals surface area contributed by atoms with Crippen molar-refractivity contribution < 1.29 is 9.53 Å². The first-order valence-electron chi connectivity index (χ1n) is 7.52. The Morgan fingerprint density at radius 2 is 2.15 bits per heavy atom. The molecule has 20 heavy (non-hydrogen) atoms. The zero-order valence-corrected chi connectivity index (χ0v) is 11.8. The summed E-state index contributed by atoms with van der Waals surface area (Å²) in [5, 5.41) is 3.05. The lowest BCUT2D eigenvalue weighted by molar-refractivity contribution is -0.130. The van der Waals surface area contributed by atoms with Gasteiger partial charge in [-0.2, -0.15) is 0 Å². The highest BCUT2D eigenvalue weighted by Crippen LogP contribution is 2.23. The Morgan fingerprint density at radius 1 is 1.30 bits per heavy atom. The quantitative estimate of drug-likeness (QED) is 0.910. The number of anilines is 1. The highest BCUT2D eigenvalue weighted by atomic mass is 16.5. The average molecular weight is 274 g/mol. The summed E-state index contributed by atoms with van der Waals surface area (Å²) in [5.74, 6) is 0.612. The second-order valence-corrected chi connectivity index (χ2v) is 5.68. The molecule has 108 valence electrons. The molecule has 2 fully saturated rings. The molecule has 2 aliphatic heterocycles. The molecule has 0 aromatic heterocycles. The van der Waals surface area contributed by atoms with Crippen LogP contribution < -0.4 is 10.2 Å². The van der Waals surface area contributed by atoms with E-state index in [0.29, 0.717) is 5.92 Å². The number of amides is 1. The van der Waals surface area contributed by atoms with Crippen LogP contribution in [0, 0.1) is 5.92 Å². The lowest BCUT2D eigenvalue weighted by atomic mass is 10.1. The minimum atomic E-state index is -0.207. The first-order valence-corrected chi connectivity index (χ1v) is 7.52. The smallest absolute Gasteiger partial charge is 0.249 e. The summed E-state index contributed by atoms with van der Waals surface area (Å²) in [6, 6.07) is 10.5. The third-order valence-electron chi connectivity index (χ3n) is 4.19. The van der Waals surface area contributed by atoms with E-state index in [1.807, 2.05) is 6.07 Å². The van der Waals surface area contributed by atoms with Crippen molar-refractivity contribution in [1.29, 1.82) is 0 Å². The van der Waals surface area contributed by atoms with Crippen LogP contribution in [0.4, 0.5) is 5.69 Å². The fourth-order valence-electron chi connectivity index (χ4n) is 3.02. The van der Waals surface area contributed by atoms with E-state index < -0.39 is 0 Å². The number of benzene rings is 1. The molecular formula is C16H22N2O2. The van der Waals surface area contributed by atoms with Gasteiger partial charge in [0.05, 0.1) is 0 Å². The van der Waals surface area contributed by atoms with Gasteiger partial charge in [0.1, 0.15) is 6.10 Å². The van der Waals surface area contributed by atoms with Crippen LogP contribution in [0.2, 0.25) is 0 Å². The van der Waals surface area contributed by atoms with Gasteiger partial charge in [0.2, 0.25) is 5.91 Å². The van der Waals surface area contributed by atoms with Gasteiger partial charge in [-0.1, -0.05) is 18.2 Å². The van der Waals surface area contributed by atoms with Gasteiger partial charge in [-0.25, -0.2) is 0 Å². The van der Waals surface area contributed by atoms with E-state index in [4.69, 9.17) is 4.74 Å². The Labute approximate surface area is 120 Å². The number of ether oxygens (including phenoxy) is 1. The molecule has 0 bridgehead atoms. The minimum Gasteiger partial charge on any atom is -0.371 e. The maximum atomic E-state index is 11.9. The van der Waals surface area contributed by atoms with Crippen LogP contribution in [0.15, 0.2) is 30.3 Å². The topological polar surface area (TPSA) is 41.6 Å². The number of hydrogen-bond donors (Lipinski definition) is 1. The van der Waals surface area contributed by atoms with Gasteiger partial charge < -0.3 is 15.0 Å². The molecule has 1 aromatic carbocycles. The number of para-hydroxylation sites is 1. The fourth-order valence-corrected chi connectivity index (χ4v) is 3.02. The van der Waals surface area contributed by atoms with Gasteiger partial charge in [-0.3, -0.25) is 4.79 Å². The van der Waals surface area contributed by atoms with E-state index in [-0.39, 0.29) is 12.0 Å². The monoisotopic (exact) mass is 274 g/mol. The Bertz CT molecular complexity index is 443. The largest absolute Gasteiger partial charge is 0.371 e. The summed E-state index contributed by atoms with van der Waals surface area (Å²) in [7, 11) is 0. The Hall–Kier alpha value is -1.55. The van der Waals surface area contributed by atoms with Crippen LogP contribution in [-0.4, -0.2) is 38.3 Å². The van der Waals surface area contributed by atoms with Crippen molar-refractivity contribution in [3.05, 3.63) is 30.3 Å². The highest BCUT2D eigenvalue weighted by Gasteiger charge is 2.26. The molecular weight excluding hydrogens is 252 g/mol.